The zero-order chi connectivity index (χ0) is 12.7. The van der Waals surface area contributed by atoms with Gasteiger partial charge in [-0.05, 0) is 14.0 Å². The molecule has 1 heterocycles. The number of carbonyl (C=O) groups excluding carboxylic acids is 1. The van der Waals surface area contributed by atoms with Crippen molar-refractivity contribution in [1.82, 2.24) is 25.6 Å². The van der Waals surface area contributed by atoms with Crippen LogP contribution in [-0.2, 0) is 16.1 Å². The molecule has 0 aliphatic carbocycles. The van der Waals surface area contributed by atoms with Crippen LogP contribution in [0, 0.1) is 0 Å². The number of aromatic nitrogens is 3. The van der Waals surface area contributed by atoms with Gasteiger partial charge >= 0.3 is 0 Å². The highest BCUT2D eigenvalue weighted by atomic mass is 16.5. The van der Waals surface area contributed by atoms with E-state index in [9.17, 15) is 4.79 Å². The summed E-state index contributed by atoms with van der Waals surface area (Å²) >= 11 is 0. The zero-order valence-corrected chi connectivity index (χ0v) is 10.4. The number of carbonyl (C=O) groups is 1. The molecular formula is C10H19N5O2. The molecule has 0 radical (unpaired) electrons. The highest BCUT2D eigenvalue weighted by Gasteiger charge is 2.15. The van der Waals surface area contributed by atoms with E-state index in [4.69, 9.17) is 4.74 Å². The van der Waals surface area contributed by atoms with E-state index in [2.05, 4.69) is 20.9 Å². The van der Waals surface area contributed by atoms with Gasteiger partial charge in [0.15, 0.2) is 0 Å². The maximum atomic E-state index is 11.7. The second-order valence-corrected chi connectivity index (χ2v) is 3.68. The topological polar surface area (TPSA) is 81.1 Å². The van der Waals surface area contributed by atoms with E-state index < -0.39 is 0 Å². The normalized spacial score (nSPS) is 12.4. The third-order valence-corrected chi connectivity index (χ3v) is 2.30. The molecule has 0 bridgehead atoms. The average Bonchev–Trinajstić information content (AvgIpc) is 2.77. The molecule has 0 fully saturated rings. The van der Waals surface area contributed by atoms with Gasteiger partial charge in [0, 0.05) is 20.2 Å². The van der Waals surface area contributed by atoms with E-state index in [0.29, 0.717) is 19.7 Å². The van der Waals surface area contributed by atoms with E-state index in [-0.39, 0.29) is 11.9 Å². The molecule has 0 saturated carbocycles. The van der Waals surface area contributed by atoms with Crippen LogP contribution in [0.2, 0.25) is 0 Å². The number of rotatable bonds is 7. The van der Waals surface area contributed by atoms with Gasteiger partial charge in [-0.1, -0.05) is 5.21 Å². The number of methoxy groups -OCH3 is 1. The minimum absolute atomic E-state index is 0.0945. The van der Waals surface area contributed by atoms with Crippen molar-refractivity contribution in [2.75, 3.05) is 27.3 Å². The van der Waals surface area contributed by atoms with Crippen molar-refractivity contribution >= 4 is 5.91 Å². The van der Waals surface area contributed by atoms with Crippen LogP contribution in [-0.4, -0.2) is 48.2 Å². The van der Waals surface area contributed by atoms with Crippen LogP contribution < -0.4 is 10.6 Å². The molecule has 1 rings (SSSR count). The Balaban J connectivity index is 2.49. The average molecular weight is 241 g/mol. The lowest BCUT2D eigenvalue weighted by Crippen LogP contribution is -2.33. The van der Waals surface area contributed by atoms with Crippen LogP contribution in [0.3, 0.4) is 0 Å². The van der Waals surface area contributed by atoms with E-state index in [1.54, 1.807) is 24.9 Å². The molecule has 1 aromatic heterocycles. The lowest BCUT2D eigenvalue weighted by Gasteiger charge is -2.11. The van der Waals surface area contributed by atoms with Crippen molar-refractivity contribution in [3.05, 3.63) is 11.9 Å². The second kappa shape index (κ2) is 6.97. The summed E-state index contributed by atoms with van der Waals surface area (Å²) in [6.07, 6.45) is 1.76. The molecule has 1 unspecified atom stereocenters. The van der Waals surface area contributed by atoms with Crippen molar-refractivity contribution in [3.63, 3.8) is 0 Å². The summed E-state index contributed by atoms with van der Waals surface area (Å²) in [6.45, 7) is 3.41. The first kappa shape index (κ1) is 13.6. The molecule has 1 amide bonds. The predicted octanol–water partition coefficient (Wildman–Crippen LogP) is -0.679. The van der Waals surface area contributed by atoms with Crippen molar-refractivity contribution in [1.29, 1.82) is 0 Å². The van der Waals surface area contributed by atoms with Crippen molar-refractivity contribution in [3.8, 4) is 0 Å². The number of nitrogens with zero attached hydrogens (tertiary/aromatic N) is 3. The molecule has 1 aromatic rings. The molecule has 0 spiro atoms. The monoisotopic (exact) mass is 241 g/mol. The molecule has 1 atom stereocenters. The van der Waals surface area contributed by atoms with Gasteiger partial charge < -0.3 is 15.4 Å². The first-order valence-electron chi connectivity index (χ1n) is 5.51. The molecule has 0 aromatic carbocycles. The maximum absolute atomic E-state index is 11.7. The van der Waals surface area contributed by atoms with Gasteiger partial charge in [-0.15, -0.1) is 5.10 Å². The third kappa shape index (κ3) is 4.12. The van der Waals surface area contributed by atoms with Gasteiger partial charge in [-0.25, -0.2) is 4.68 Å². The number of nitrogens with one attached hydrogen (secondary N) is 2. The van der Waals surface area contributed by atoms with E-state index in [1.165, 1.54) is 0 Å². The first-order chi connectivity index (χ1) is 8.19. The summed E-state index contributed by atoms with van der Waals surface area (Å²) in [4.78, 5) is 11.7. The number of amides is 1. The van der Waals surface area contributed by atoms with Crippen LogP contribution in [0.15, 0.2) is 6.20 Å². The van der Waals surface area contributed by atoms with E-state index >= 15 is 0 Å². The summed E-state index contributed by atoms with van der Waals surface area (Å²) in [5.74, 6) is -0.0945. The van der Waals surface area contributed by atoms with Gasteiger partial charge in [0.25, 0.3) is 0 Å². The Hall–Kier alpha value is -1.47. The summed E-state index contributed by atoms with van der Waals surface area (Å²) in [5.41, 5.74) is 0.809. The number of ether oxygens (including phenoxy) is 1. The van der Waals surface area contributed by atoms with Gasteiger partial charge in [0.2, 0.25) is 5.91 Å². The molecule has 0 aliphatic heterocycles. The molecule has 7 nitrogen and oxygen atoms in total. The Morgan fingerprint density at radius 2 is 2.41 bits per heavy atom. The maximum Gasteiger partial charge on any atom is 0.244 e. The summed E-state index contributed by atoms with van der Waals surface area (Å²) < 4.78 is 6.41. The number of hydrogen-bond acceptors (Lipinski definition) is 5. The summed E-state index contributed by atoms with van der Waals surface area (Å²) in [7, 11) is 3.43. The Morgan fingerprint density at radius 3 is 3.06 bits per heavy atom. The molecule has 17 heavy (non-hydrogen) atoms. The summed E-state index contributed by atoms with van der Waals surface area (Å²) in [5, 5.41) is 13.6. The third-order valence-electron chi connectivity index (χ3n) is 2.30. The fourth-order valence-corrected chi connectivity index (χ4v) is 1.31. The van der Waals surface area contributed by atoms with Crippen LogP contribution >= 0.6 is 0 Å². The quantitative estimate of drug-likeness (QED) is 0.618. The minimum atomic E-state index is -0.370. The van der Waals surface area contributed by atoms with Crippen LogP contribution in [0.4, 0.5) is 0 Å². The molecule has 0 aliphatic rings. The largest absolute Gasteiger partial charge is 0.383 e. The van der Waals surface area contributed by atoms with Gasteiger partial charge in [0.1, 0.15) is 6.04 Å². The summed E-state index contributed by atoms with van der Waals surface area (Å²) in [6, 6.07) is -0.370. The fraction of sp³-hybridized carbons (Fsp3) is 0.700. The smallest absolute Gasteiger partial charge is 0.244 e. The fourth-order valence-electron chi connectivity index (χ4n) is 1.31. The van der Waals surface area contributed by atoms with Gasteiger partial charge in [0.05, 0.1) is 18.5 Å². The molecule has 96 valence electrons. The Labute approximate surface area is 101 Å². The molecule has 0 saturated heterocycles. The SMILES string of the molecule is CNCc1cn(C(C)C(=O)NCCOC)nn1. The number of hydrogen-bond donors (Lipinski definition) is 2. The molecular weight excluding hydrogens is 222 g/mol. The van der Waals surface area contributed by atoms with Crippen LogP contribution in [0.1, 0.15) is 18.7 Å². The van der Waals surface area contributed by atoms with Crippen molar-refractivity contribution in [2.24, 2.45) is 0 Å². The van der Waals surface area contributed by atoms with E-state index in [1.807, 2.05) is 7.05 Å². The Bertz CT molecular complexity index is 352. The zero-order valence-electron chi connectivity index (χ0n) is 10.4. The lowest BCUT2D eigenvalue weighted by atomic mass is 10.3. The Kier molecular flexibility index (Phi) is 5.58. The molecule has 2 N–H and O–H groups in total. The Morgan fingerprint density at radius 1 is 1.65 bits per heavy atom. The standard InChI is InChI=1S/C10H19N5O2/c1-8(10(16)12-4-5-17-3)15-7-9(6-11-2)13-14-15/h7-8,11H,4-6H2,1-3H3,(H,12,16). The second-order valence-electron chi connectivity index (χ2n) is 3.68. The van der Waals surface area contributed by atoms with Crippen LogP contribution in [0.25, 0.3) is 0 Å². The van der Waals surface area contributed by atoms with E-state index in [0.717, 1.165) is 5.69 Å². The van der Waals surface area contributed by atoms with Crippen molar-refractivity contribution in [2.45, 2.75) is 19.5 Å². The first-order valence-corrected chi connectivity index (χ1v) is 5.51. The lowest BCUT2D eigenvalue weighted by molar-refractivity contribution is -0.124. The minimum Gasteiger partial charge on any atom is -0.383 e. The van der Waals surface area contributed by atoms with Gasteiger partial charge in [-0.3, -0.25) is 4.79 Å². The van der Waals surface area contributed by atoms with Gasteiger partial charge in [-0.2, -0.15) is 0 Å². The highest BCUT2D eigenvalue weighted by Crippen LogP contribution is 2.04. The molecule has 7 heteroatoms. The predicted molar refractivity (Wildman–Crippen MR) is 62.4 cm³/mol. The van der Waals surface area contributed by atoms with Crippen LogP contribution in [0.5, 0.6) is 0 Å². The highest BCUT2D eigenvalue weighted by molar-refractivity contribution is 5.79. The van der Waals surface area contributed by atoms with Crippen molar-refractivity contribution < 1.29 is 9.53 Å².